The first-order valence-corrected chi connectivity index (χ1v) is 4.48. The number of carbonyl (C=O) groups excluding carboxylic acids is 1. The first kappa shape index (κ1) is 11.6. The lowest BCUT2D eigenvalue weighted by Crippen LogP contribution is -2.02. The van der Waals surface area contributed by atoms with Crippen LogP contribution in [-0.4, -0.2) is 13.1 Å². The third-order valence-corrected chi connectivity index (χ3v) is 1.91. The zero-order valence-corrected chi connectivity index (χ0v) is 8.73. The lowest BCUT2D eigenvalue weighted by atomic mass is 10.1. The molecule has 0 heterocycles. The summed E-state index contributed by atoms with van der Waals surface area (Å²) in [7, 11) is 1.23. The molecule has 0 N–H and O–H groups in total. The van der Waals surface area contributed by atoms with Gasteiger partial charge in [0.15, 0.2) is 0 Å². The largest absolute Gasteiger partial charge is 0.465 e. The molecule has 0 aliphatic carbocycles. The van der Waals surface area contributed by atoms with Gasteiger partial charge in [0.05, 0.1) is 7.11 Å². The fourth-order valence-corrected chi connectivity index (χ4v) is 1.09. The van der Waals surface area contributed by atoms with Crippen molar-refractivity contribution in [2.45, 2.75) is 0 Å². The van der Waals surface area contributed by atoms with Gasteiger partial charge < -0.3 is 4.74 Å². The second-order valence-electron chi connectivity index (χ2n) is 2.93. The molecule has 0 saturated carbocycles. The minimum atomic E-state index is -0.650. The molecular weight excluding hydrogens is 202 g/mol. The van der Waals surface area contributed by atoms with Crippen LogP contribution in [0.15, 0.2) is 29.8 Å². The normalized spacial score (nSPS) is 10.1. The summed E-state index contributed by atoms with van der Waals surface area (Å²) in [6, 6.07) is 8.71. The van der Waals surface area contributed by atoms with Crippen LogP contribution in [0.25, 0.3) is 6.08 Å². The Hall–Kier alpha value is -2.52. The van der Waals surface area contributed by atoms with Gasteiger partial charge in [-0.25, -0.2) is 4.79 Å². The third kappa shape index (κ3) is 2.73. The summed E-state index contributed by atoms with van der Waals surface area (Å²) in [5.41, 5.74) is 1.42. The summed E-state index contributed by atoms with van der Waals surface area (Å²) in [6.45, 7) is 0. The van der Waals surface area contributed by atoms with Crippen molar-refractivity contribution in [3.63, 3.8) is 0 Å². The average molecular weight is 211 g/mol. The Kier molecular flexibility index (Phi) is 3.89. The number of hydrogen-bond acceptors (Lipinski definition) is 3. The fraction of sp³-hybridized carbons (Fsp3) is 0.0769. The molecule has 0 spiro atoms. The Labute approximate surface area is 94.0 Å². The van der Waals surface area contributed by atoms with E-state index in [0.29, 0.717) is 0 Å². The van der Waals surface area contributed by atoms with Crippen LogP contribution < -0.4 is 0 Å². The summed E-state index contributed by atoms with van der Waals surface area (Å²) < 4.78 is 4.46. The molecule has 0 atom stereocenters. The molecule has 78 valence electrons. The second-order valence-corrected chi connectivity index (χ2v) is 2.93. The van der Waals surface area contributed by atoms with Gasteiger partial charge in [-0.15, -0.1) is 6.42 Å². The number of esters is 1. The number of terminal acetylenes is 1. The summed E-state index contributed by atoms with van der Waals surface area (Å²) in [4.78, 5) is 11.1. The molecule has 0 bridgehead atoms. The third-order valence-electron chi connectivity index (χ3n) is 1.91. The lowest BCUT2D eigenvalue weighted by Gasteiger charge is -1.97. The van der Waals surface area contributed by atoms with Crippen molar-refractivity contribution in [1.29, 1.82) is 5.26 Å². The van der Waals surface area contributed by atoms with Crippen molar-refractivity contribution in [3.05, 3.63) is 41.0 Å². The molecule has 3 nitrogen and oxygen atoms in total. The molecule has 0 aliphatic heterocycles. The standard InChI is InChI=1S/C13H9NO2/c1-3-10-4-6-11(7-5-10)8-12(9-14)13(15)16-2/h1,4-8H,2H3/b12-8+. The highest BCUT2D eigenvalue weighted by atomic mass is 16.5. The van der Waals surface area contributed by atoms with E-state index in [2.05, 4.69) is 10.7 Å². The van der Waals surface area contributed by atoms with E-state index in [9.17, 15) is 4.79 Å². The van der Waals surface area contributed by atoms with E-state index >= 15 is 0 Å². The Morgan fingerprint density at radius 3 is 2.50 bits per heavy atom. The first-order valence-electron chi connectivity index (χ1n) is 4.48. The number of benzene rings is 1. The number of carbonyl (C=O) groups is 1. The fourth-order valence-electron chi connectivity index (χ4n) is 1.09. The molecule has 0 aliphatic rings. The van der Waals surface area contributed by atoms with E-state index in [1.165, 1.54) is 13.2 Å². The van der Waals surface area contributed by atoms with E-state index in [4.69, 9.17) is 11.7 Å². The van der Waals surface area contributed by atoms with Crippen molar-refractivity contribution in [1.82, 2.24) is 0 Å². The quantitative estimate of drug-likeness (QED) is 0.324. The van der Waals surface area contributed by atoms with Gasteiger partial charge >= 0.3 is 5.97 Å². The first-order chi connectivity index (χ1) is 7.71. The van der Waals surface area contributed by atoms with E-state index in [1.54, 1.807) is 30.3 Å². The number of nitrogens with zero attached hydrogens (tertiary/aromatic N) is 1. The Balaban J connectivity index is 3.02. The molecule has 0 radical (unpaired) electrons. The van der Waals surface area contributed by atoms with Gasteiger partial charge in [0.25, 0.3) is 0 Å². The maximum absolute atomic E-state index is 11.1. The molecule has 1 aromatic rings. The molecule has 16 heavy (non-hydrogen) atoms. The van der Waals surface area contributed by atoms with E-state index in [-0.39, 0.29) is 5.57 Å². The molecule has 0 saturated heterocycles. The number of rotatable bonds is 2. The van der Waals surface area contributed by atoms with Crippen LogP contribution in [0, 0.1) is 23.7 Å². The number of ether oxygens (including phenoxy) is 1. The number of nitriles is 1. The van der Waals surface area contributed by atoms with E-state index < -0.39 is 5.97 Å². The minimum Gasteiger partial charge on any atom is -0.465 e. The van der Waals surface area contributed by atoms with Gasteiger partial charge in [0.1, 0.15) is 11.6 Å². The molecule has 0 unspecified atom stereocenters. The highest BCUT2D eigenvalue weighted by Crippen LogP contribution is 2.09. The van der Waals surface area contributed by atoms with Gasteiger partial charge in [-0.2, -0.15) is 5.26 Å². The molecular formula is C13H9NO2. The summed E-state index contributed by atoms with van der Waals surface area (Å²) in [5, 5.41) is 8.74. The smallest absolute Gasteiger partial charge is 0.348 e. The summed E-state index contributed by atoms with van der Waals surface area (Å²) in [6.07, 6.45) is 6.66. The predicted molar refractivity (Wildman–Crippen MR) is 60.0 cm³/mol. The van der Waals surface area contributed by atoms with Crippen molar-refractivity contribution in [2.24, 2.45) is 0 Å². The predicted octanol–water partition coefficient (Wildman–Crippen LogP) is 1.75. The van der Waals surface area contributed by atoms with Gasteiger partial charge in [0, 0.05) is 5.56 Å². The molecule has 1 rings (SSSR count). The van der Waals surface area contributed by atoms with Crippen molar-refractivity contribution < 1.29 is 9.53 Å². The van der Waals surface area contributed by atoms with Crippen LogP contribution >= 0.6 is 0 Å². The van der Waals surface area contributed by atoms with Crippen LogP contribution in [0.1, 0.15) is 11.1 Å². The number of methoxy groups -OCH3 is 1. The molecule has 0 aromatic heterocycles. The zero-order chi connectivity index (χ0) is 12.0. The maximum atomic E-state index is 11.1. The van der Waals surface area contributed by atoms with E-state index in [1.807, 2.05) is 0 Å². The van der Waals surface area contributed by atoms with Crippen LogP contribution in [0.3, 0.4) is 0 Å². The van der Waals surface area contributed by atoms with Crippen LogP contribution in [0.4, 0.5) is 0 Å². The van der Waals surface area contributed by atoms with E-state index in [0.717, 1.165) is 11.1 Å². The minimum absolute atomic E-state index is 0.0454. The Bertz CT molecular complexity index is 498. The molecule has 1 aromatic carbocycles. The van der Waals surface area contributed by atoms with Crippen LogP contribution in [0.5, 0.6) is 0 Å². The summed E-state index contributed by atoms with van der Waals surface area (Å²) in [5.74, 6) is 1.83. The lowest BCUT2D eigenvalue weighted by molar-refractivity contribution is -0.135. The highest BCUT2D eigenvalue weighted by molar-refractivity contribution is 5.97. The summed E-state index contributed by atoms with van der Waals surface area (Å²) >= 11 is 0. The maximum Gasteiger partial charge on any atom is 0.348 e. The van der Waals surface area contributed by atoms with Gasteiger partial charge in [-0.05, 0) is 23.8 Å². The molecule has 3 heteroatoms. The van der Waals surface area contributed by atoms with Gasteiger partial charge in [-0.3, -0.25) is 0 Å². The van der Waals surface area contributed by atoms with Crippen molar-refractivity contribution >= 4 is 12.0 Å². The second kappa shape index (κ2) is 5.38. The monoisotopic (exact) mass is 211 g/mol. The molecule has 0 fully saturated rings. The zero-order valence-electron chi connectivity index (χ0n) is 8.73. The SMILES string of the molecule is C#Cc1ccc(/C=C(\C#N)C(=O)OC)cc1. The van der Waals surface area contributed by atoms with Gasteiger partial charge in [0.2, 0.25) is 0 Å². The van der Waals surface area contributed by atoms with Gasteiger partial charge in [-0.1, -0.05) is 18.1 Å². The van der Waals surface area contributed by atoms with Crippen LogP contribution in [0.2, 0.25) is 0 Å². The van der Waals surface area contributed by atoms with Crippen LogP contribution in [-0.2, 0) is 9.53 Å². The highest BCUT2D eigenvalue weighted by Gasteiger charge is 2.07. The average Bonchev–Trinajstić information content (AvgIpc) is 2.35. The Morgan fingerprint density at radius 2 is 2.06 bits per heavy atom. The Morgan fingerprint density at radius 1 is 1.44 bits per heavy atom. The van der Waals surface area contributed by atoms with Crippen molar-refractivity contribution in [3.8, 4) is 18.4 Å². The number of hydrogen-bond donors (Lipinski definition) is 0. The topological polar surface area (TPSA) is 50.1 Å². The van der Waals surface area contributed by atoms with Crippen molar-refractivity contribution in [2.75, 3.05) is 7.11 Å². The molecule has 0 amide bonds.